The number of hydrogen-bond acceptors (Lipinski definition) is 2. The second-order valence-electron chi connectivity index (χ2n) is 4.25. The smallest absolute Gasteiger partial charge is 0.0724 e. The second-order valence-corrected chi connectivity index (χ2v) is 4.69. The van der Waals surface area contributed by atoms with E-state index in [1.54, 1.807) is 0 Å². The van der Waals surface area contributed by atoms with Crippen LogP contribution in [0.4, 0.5) is 5.69 Å². The maximum atomic E-state index is 5.91. The molecule has 0 spiro atoms. The molecule has 0 saturated carbocycles. The van der Waals surface area contributed by atoms with E-state index in [0.29, 0.717) is 13.2 Å². The van der Waals surface area contributed by atoms with Crippen LogP contribution < -0.4 is 5.73 Å². The van der Waals surface area contributed by atoms with Crippen LogP contribution >= 0.6 is 11.6 Å². The van der Waals surface area contributed by atoms with Gasteiger partial charge in [-0.2, -0.15) is 0 Å². The fourth-order valence-corrected chi connectivity index (χ4v) is 1.98. The van der Waals surface area contributed by atoms with Gasteiger partial charge in [0.1, 0.15) is 0 Å². The Labute approximate surface area is 112 Å². The number of benzene rings is 2. The number of rotatable bonds is 4. The van der Waals surface area contributed by atoms with Gasteiger partial charge >= 0.3 is 0 Å². The van der Waals surface area contributed by atoms with Gasteiger partial charge in [-0.25, -0.2) is 0 Å². The van der Waals surface area contributed by atoms with Crippen LogP contribution in [0.15, 0.2) is 42.5 Å². The first-order valence-corrected chi connectivity index (χ1v) is 6.21. The van der Waals surface area contributed by atoms with Crippen molar-refractivity contribution in [2.45, 2.75) is 20.1 Å². The highest BCUT2D eigenvalue weighted by Gasteiger charge is 2.01. The van der Waals surface area contributed by atoms with E-state index in [1.165, 1.54) is 0 Å². The summed E-state index contributed by atoms with van der Waals surface area (Å²) in [7, 11) is 0. The molecule has 2 aromatic rings. The van der Waals surface area contributed by atoms with Crippen molar-refractivity contribution in [2.24, 2.45) is 0 Å². The molecule has 0 bridgehead atoms. The van der Waals surface area contributed by atoms with Gasteiger partial charge in [-0.3, -0.25) is 0 Å². The maximum Gasteiger partial charge on any atom is 0.0724 e. The second kappa shape index (κ2) is 5.89. The number of nitrogens with two attached hydrogens (primary N) is 1. The topological polar surface area (TPSA) is 35.2 Å². The number of ether oxygens (including phenoxy) is 1. The third-order valence-electron chi connectivity index (χ3n) is 2.90. The van der Waals surface area contributed by atoms with Gasteiger partial charge in [0, 0.05) is 10.7 Å². The van der Waals surface area contributed by atoms with E-state index in [4.69, 9.17) is 22.1 Å². The predicted octanol–water partition coefficient (Wildman–Crippen LogP) is 3.95. The molecule has 0 unspecified atom stereocenters. The molecule has 0 aliphatic carbocycles. The van der Waals surface area contributed by atoms with Crippen LogP contribution in [0.2, 0.25) is 5.02 Å². The Balaban J connectivity index is 1.94. The molecule has 3 heteroatoms. The largest absolute Gasteiger partial charge is 0.399 e. The first-order chi connectivity index (χ1) is 8.66. The quantitative estimate of drug-likeness (QED) is 0.846. The molecule has 18 heavy (non-hydrogen) atoms. The molecule has 2 rings (SSSR count). The zero-order valence-electron chi connectivity index (χ0n) is 10.3. The summed E-state index contributed by atoms with van der Waals surface area (Å²) in [6, 6.07) is 13.6. The molecular weight excluding hydrogens is 246 g/mol. The molecule has 2 nitrogen and oxygen atoms in total. The minimum absolute atomic E-state index is 0.550. The summed E-state index contributed by atoms with van der Waals surface area (Å²) in [5, 5.41) is 0.733. The first kappa shape index (κ1) is 12.9. The van der Waals surface area contributed by atoms with E-state index in [9.17, 15) is 0 Å². The molecule has 0 saturated heterocycles. The van der Waals surface area contributed by atoms with Gasteiger partial charge in [0.25, 0.3) is 0 Å². The maximum absolute atomic E-state index is 5.91. The average Bonchev–Trinajstić information content (AvgIpc) is 2.35. The van der Waals surface area contributed by atoms with E-state index in [-0.39, 0.29) is 0 Å². The lowest BCUT2D eigenvalue weighted by atomic mass is 10.1. The van der Waals surface area contributed by atoms with Crippen LogP contribution in [0.25, 0.3) is 0 Å². The number of hydrogen-bond donors (Lipinski definition) is 1. The van der Waals surface area contributed by atoms with Crippen molar-refractivity contribution in [3.05, 3.63) is 64.2 Å². The van der Waals surface area contributed by atoms with Gasteiger partial charge in [-0.1, -0.05) is 35.9 Å². The lowest BCUT2D eigenvalue weighted by Crippen LogP contribution is -1.99. The molecule has 0 radical (unpaired) electrons. The van der Waals surface area contributed by atoms with E-state index in [2.05, 4.69) is 0 Å². The number of anilines is 1. The van der Waals surface area contributed by atoms with Crippen LogP contribution in [-0.2, 0) is 18.0 Å². The molecule has 0 aliphatic rings. The normalized spacial score (nSPS) is 10.6. The van der Waals surface area contributed by atoms with Gasteiger partial charge in [0.05, 0.1) is 13.2 Å². The van der Waals surface area contributed by atoms with Crippen LogP contribution in [0.1, 0.15) is 16.7 Å². The molecule has 0 aromatic heterocycles. The van der Waals surface area contributed by atoms with Gasteiger partial charge in [0.2, 0.25) is 0 Å². The summed E-state index contributed by atoms with van der Waals surface area (Å²) in [6.07, 6.45) is 0. The molecule has 2 aromatic carbocycles. The summed E-state index contributed by atoms with van der Waals surface area (Å²) < 4.78 is 5.68. The monoisotopic (exact) mass is 261 g/mol. The molecule has 2 N–H and O–H groups in total. The SMILES string of the molecule is Cc1c(N)cccc1COCc1cccc(Cl)c1. The number of nitrogen functional groups attached to an aromatic ring is 1. The third-order valence-corrected chi connectivity index (χ3v) is 3.14. The molecule has 0 fully saturated rings. The highest BCUT2D eigenvalue weighted by atomic mass is 35.5. The van der Waals surface area contributed by atoms with Crippen LogP contribution in [0, 0.1) is 6.92 Å². The van der Waals surface area contributed by atoms with E-state index < -0.39 is 0 Å². The van der Waals surface area contributed by atoms with Crippen molar-refractivity contribution in [3.8, 4) is 0 Å². The Kier molecular flexibility index (Phi) is 4.24. The van der Waals surface area contributed by atoms with Crippen molar-refractivity contribution in [1.82, 2.24) is 0 Å². The van der Waals surface area contributed by atoms with Crippen molar-refractivity contribution >= 4 is 17.3 Å². The summed E-state index contributed by atoms with van der Waals surface area (Å²) in [4.78, 5) is 0. The zero-order valence-corrected chi connectivity index (χ0v) is 11.1. The molecular formula is C15H16ClNO. The van der Waals surface area contributed by atoms with Gasteiger partial charge < -0.3 is 10.5 Å². The van der Waals surface area contributed by atoms with E-state index in [0.717, 1.165) is 27.4 Å². The molecule has 0 aliphatic heterocycles. The van der Waals surface area contributed by atoms with E-state index >= 15 is 0 Å². The third kappa shape index (κ3) is 3.25. The highest BCUT2D eigenvalue weighted by Crippen LogP contribution is 2.17. The molecule has 94 valence electrons. The van der Waals surface area contributed by atoms with Crippen LogP contribution in [0.3, 0.4) is 0 Å². The fraction of sp³-hybridized carbons (Fsp3) is 0.200. The summed E-state index contributed by atoms with van der Waals surface area (Å²) >= 11 is 5.91. The molecule has 0 amide bonds. The minimum Gasteiger partial charge on any atom is -0.399 e. The van der Waals surface area contributed by atoms with Crippen molar-refractivity contribution in [1.29, 1.82) is 0 Å². The van der Waals surface area contributed by atoms with Gasteiger partial charge in [0.15, 0.2) is 0 Å². The fourth-order valence-electron chi connectivity index (χ4n) is 1.77. The Morgan fingerprint density at radius 3 is 2.67 bits per heavy atom. The highest BCUT2D eigenvalue weighted by molar-refractivity contribution is 6.30. The van der Waals surface area contributed by atoms with Crippen LogP contribution in [0.5, 0.6) is 0 Å². The Morgan fingerprint density at radius 1 is 1.11 bits per heavy atom. The average molecular weight is 262 g/mol. The lowest BCUT2D eigenvalue weighted by Gasteiger charge is -2.09. The Morgan fingerprint density at radius 2 is 1.89 bits per heavy atom. The predicted molar refractivity (Wildman–Crippen MR) is 75.5 cm³/mol. The summed E-state index contributed by atoms with van der Waals surface area (Å²) in [6.45, 7) is 3.12. The van der Waals surface area contributed by atoms with Crippen LogP contribution in [-0.4, -0.2) is 0 Å². The Bertz CT molecular complexity index is 540. The van der Waals surface area contributed by atoms with Crippen molar-refractivity contribution in [2.75, 3.05) is 5.73 Å². The summed E-state index contributed by atoms with van der Waals surface area (Å²) in [5.74, 6) is 0. The first-order valence-electron chi connectivity index (χ1n) is 5.83. The number of halogens is 1. The minimum atomic E-state index is 0.550. The zero-order chi connectivity index (χ0) is 13.0. The standard InChI is InChI=1S/C15H16ClNO/c1-11-13(5-3-7-15(11)17)10-18-9-12-4-2-6-14(16)8-12/h2-8H,9-10,17H2,1H3. The molecule has 0 atom stereocenters. The van der Waals surface area contributed by atoms with Gasteiger partial charge in [-0.05, 0) is 41.8 Å². The van der Waals surface area contributed by atoms with Crippen molar-refractivity contribution < 1.29 is 4.74 Å². The van der Waals surface area contributed by atoms with E-state index in [1.807, 2.05) is 49.4 Å². The Hall–Kier alpha value is -1.51. The summed E-state index contributed by atoms with van der Waals surface area (Å²) in [5.41, 5.74) is 9.94. The van der Waals surface area contributed by atoms with Gasteiger partial charge in [-0.15, -0.1) is 0 Å². The van der Waals surface area contributed by atoms with Crippen molar-refractivity contribution in [3.63, 3.8) is 0 Å². The lowest BCUT2D eigenvalue weighted by molar-refractivity contribution is 0.107. The molecule has 0 heterocycles.